The monoisotopic (exact) mass is 278 g/mol. The molecule has 0 bridgehead atoms. The van der Waals surface area contributed by atoms with Crippen LogP contribution in [0.25, 0.3) is 0 Å². The zero-order chi connectivity index (χ0) is 13.8. The van der Waals surface area contributed by atoms with Crippen LogP contribution in [0, 0.1) is 5.82 Å². The van der Waals surface area contributed by atoms with E-state index in [1.807, 2.05) is 31.2 Å². The van der Waals surface area contributed by atoms with Crippen LogP contribution >= 0.6 is 11.6 Å². The van der Waals surface area contributed by atoms with Crippen molar-refractivity contribution < 1.29 is 9.50 Å². The molecule has 0 aliphatic rings. The lowest BCUT2D eigenvalue weighted by Crippen LogP contribution is -2.06. The molecule has 0 saturated carbocycles. The highest BCUT2D eigenvalue weighted by molar-refractivity contribution is 6.30. The van der Waals surface area contributed by atoms with Crippen molar-refractivity contribution in [3.05, 3.63) is 70.0 Å². The zero-order valence-corrected chi connectivity index (χ0v) is 11.5. The van der Waals surface area contributed by atoms with Crippen molar-refractivity contribution in [2.45, 2.75) is 25.9 Å². The second-order valence-electron chi connectivity index (χ2n) is 4.49. The molecule has 0 spiro atoms. The molecular formula is C16H16ClFO. The van der Waals surface area contributed by atoms with E-state index in [1.54, 1.807) is 12.1 Å². The predicted molar refractivity (Wildman–Crippen MR) is 75.9 cm³/mol. The number of halogens is 2. The number of rotatable bonds is 4. The number of aryl methyl sites for hydroxylation is 1. The first kappa shape index (κ1) is 14.0. The van der Waals surface area contributed by atoms with Gasteiger partial charge in [-0.2, -0.15) is 0 Å². The Bertz CT molecular complexity index is 568. The first-order valence-corrected chi connectivity index (χ1v) is 6.70. The number of hydrogen-bond donors (Lipinski definition) is 1. The normalized spacial score (nSPS) is 12.4. The Morgan fingerprint density at radius 2 is 1.79 bits per heavy atom. The summed E-state index contributed by atoms with van der Waals surface area (Å²) in [5.41, 5.74) is 2.37. The SMILES string of the molecule is CCc1ccccc1C(O)Cc1cccc(Cl)c1F. The van der Waals surface area contributed by atoms with Crippen molar-refractivity contribution in [1.29, 1.82) is 0 Å². The van der Waals surface area contributed by atoms with Crippen molar-refractivity contribution in [1.82, 2.24) is 0 Å². The molecule has 1 N–H and O–H groups in total. The van der Waals surface area contributed by atoms with Crippen molar-refractivity contribution in [2.24, 2.45) is 0 Å². The standard InChI is InChI=1S/C16H16ClFO/c1-2-11-6-3-4-8-13(11)15(19)10-12-7-5-9-14(17)16(12)18/h3-9,15,19H,2,10H2,1H3. The molecule has 0 aliphatic carbocycles. The number of benzene rings is 2. The van der Waals surface area contributed by atoms with E-state index < -0.39 is 11.9 Å². The van der Waals surface area contributed by atoms with E-state index >= 15 is 0 Å². The molecule has 1 atom stereocenters. The summed E-state index contributed by atoms with van der Waals surface area (Å²) >= 11 is 5.75. The van der Waals surface area contributed by atoms with Gasteiger partial charge in [0, 0.05) is 6.42 Å². The van der Waals surface area contributed by atoms with Crippen LogP contribution in [0.5, 0.6) is 0 Å². The van der Waals surface area contributed by atoms with Gasteiger partial charge in [-0.25, -0.2) is 4.39 Å². The van der Waals surface area contributed by atoms with Gasteiger partial charge in [-0.1, -0.05) is 54.9 Å². The van der Waals surface area contributed by atoms with Crippen LogP contribution in [-0.4, -0.2) is 5.11 Å². The second-order valence-corrected chi connectivity index (χ2v) is 4.89. The minimum Gasteiger partial charge on any atom is -0.388 e. The molecule has 19 heavy (non-hydrogen) atoms. The van der Waals surface area contributed by atoms with Gasteiger partial charge >= 0.3 is 0 Å². The van der Waals surface area contributed by atoms with Crippen molar-refractivity contribution in [3.63, 3.8) is 0 Å². The topological polar surface area (TPSA) is 20.2 Å². The van der Waals surface area contributed by atoms with E-state index in [4.69, 9.17) is 11.6 Å². The maximum Gasteiger partial charge on any atom is 0.145 e. The summed E-state index contributed by atoms with van der Waals surface area (Å²) < 4.78 is 13.8. The number of aliphatic hydroxyl groups excluding tert-OH is 1. The van der Waals surface area contributed by atoms with Gasteiger partial charge in [0.15, 0.2) is 0 Å². The fourth-order valence-corrected chi connectivity index (χ4v) is 2.40. The Morgan fingerprint density at radius 3 is 2.53 bits per heavy atom. The fourth-order valence-electron chi connectivity index (χ4n) is 2.21. The second kappa shape index (κ2) is 6.18. The Balaban J connectivity index is 2.26. The molecule has 100 valence electrons. The maximum absolute atomic E-state index is 13.8. The van der Waals surface area contributed by atoms with Gasteiger partial charge in [0.05, 0.1) is 11.1 Å². The van der Waals surface area contributed by atoms with Gasteiger partial charge in [0.2, 0.25) is 0 Å². The minimum absolute atomic E-state index is 0.0912. The number of aliphatic hydroxyl groups is 1. The summed E-state index contributed by atoms with van der Waals surface area (Å²) in [7, 11) is 0. The summed E-state index contributed by atoms with van der Waals surface area (Å²) in [6, 6.07) is 12.5. The summed E-state index contributed by atoms with van der Waals surface area (Å²) in [6.07, 6.45) is 0.346. The van der Waals surface area contributed by atoms with Gasteiger partial charge in [0.25, 0.3) is 0 Å². The predicted octanol–water partition coefficient (Wildman–Crippen LogP) is 4.32. The van der Waals surface area contributed by atoms with Crippen molar-refractivity contribution >= 4 is 11.6 Å². The first-order valence-electron chi connectivity index (χ1n) is 6.32. The van der Waals surface area contributed by atoms with Crippen molar-refractivity contribution in [3.8, 4) is 0 Å². The average molecular weight is 279 g/mol. The molecule has 0 heterocycles. The smallest absolute Gasteiger partial charge is 0.145 e. The maximum atomic E-state index is 13.8. The third-order valence-corrected chi connectivity index (χ3v) is 3.53. The molecule has 0 fully saturated rings. The molecule has 0 saturated heterocycles. The van der Waals surface area contributed by atoms with Crippen LogP contribution in [0.1, 0.15) is 29.7 Å². The average Bonchev–Trinajstić information content (AvgIpc) is 2.43. The van der Waals surface area contributed by atoms with Gasteiger partial charge in [-0.05, 0) is 29.2 Å². The van der Waals surface area contributed by atoms with E-state index in [0.717, 1.165) is 17.5 Å². The quantitative estimate of drug-likeness (QED) is 0.883. The van der Waals surface area contributed by atoms with Crippen LogP contribution in [0.2, 0.25) is 5.02 Å². The molecular weight excluding hydrogens is 263 g/mol. The zero-order valence-electron chi connectivity index (χ0n) is 10.7. The molecule has 0 aliphatic heterocycles. The lowest BCUT2D eigenvalue weighted by Gasteiger charge is -2.15. The summed E-state index contributed by atoms with van der Waals surface area (Å²) in [4.78, 5) is 0. The Morgan fingerprint density at radius 1 is 1.11 bits per heavy atom. The summed E-state index contributed by atoms with van der Waals surface area (Å²) in [6.45, 7) is 2.03. The lowest BCUT2D eigenvalue weighted by molar-refractivity contribution is 0.176. The van der Waals surface area contributed by atoms with Crippen molar-refractivity contribution in [2.75, 3.05) is 0 Å². The molecule has 0 radical (unpaired) electrons. The highest BCUT2D eigenvalue weighted by atomic mass is 35.5. The number of hydrogen-bond acceptors (Lipinski definition) is 1. The lowest BCUT2D eigenvalue weighted by atomic mass is 9.96. The van der Waals surface area contributed by atoms with E-state index in [1.165, 1.54) is 6.07 Å². The third kappa shape index (κ3) is 3.14. The van der Waals surface area contributed by atoms with Crippen LogP contribution in [0.3, 0.4) is 0 Å². The van der Waals surface area contributed by atoms with E-state index in [2.05, 4.69) is 0 Å². The van der Waals surface area contributed by atoms with Gasteiger partial charge in [-0.3, -0.25) is 0 Å². The fraction of sp³-hybridized carbons (Fsp3) is 0.250. The summed E-state index contributed by atoms with van der Waals surface area (Å²) in [5, 5.41) is 10.4. The molecule has 3 heteroatoms. The molecule has 0 amide bonds. The Kier molecular flexibility index (Phi) is 4.56. The van der Waals surface area contributed by atoms with E-state index in [-0.39, 0.29) is 11.4 Å². The van der Waals surface area contributed by atoms with Crippen LogP contribution in [0.15, 0.2) is 42.5 Å². The molecule has 1 unspecified atom stereocenters. The molecule has 2 aromatic carbocycles. The highest BCUT2D eigenvalue weighted by Crippen LogP contribution is 2.25. The van der Waals surface area contributed by atoms with Gasteiger partial charge < -0.3 is 5.11 Å². The minimum atomic E-state index is -0.718. The molecule has 0 aromatic heterocycles. The van der Waals surface area contributed by atoms with Gasteiger partial charge in [0.1, 0.15) is 5.82 Å². The highest BCUT2D eigenvalue weighted by Gasteiger charge is 2.15. The molecule has 2 rings (SSSR count). The third-order valence-electron chi connectivity index (χ3n) is 3.24. The van der Waals surface area contributed by atoms with Gasteiger partial charge in [-0.15, -0.1) is 0 Å². The largest absolute Gasteiger partial charge is 0.388 e. The Hall–Kier alpha value is -1.38. The van der Waals surface area contributed by atoms with Crippen LogP contribution in [0.4, 0.5) is 4.39 Å². The van der Waals surface area contributed by atoms with Crippen LogP contribution < -0.4 is 0 Å². The Labute approximate surface area is 117 Å². The first-order chi connectivity index (χ1) is 9.13. The summed E-state index contributed by atoms with van der Waals surface area (Å²) in [5.74, 6) is -0.447. The molecule has 1 nitrogen and oxygen atoms in total. The van der Waals surface area contributed by atoms with E-state index in [0.29, 0.717) is 5.56 Å². The van der Waals surface area contributed by atoms with Crippen LogP contribution in [-0.2, 0) is 12.8 Å². The molecule has 2 aromatic rings. The van der Waals surface area contributed by atoms with E-state index in [9.17, 15) is 9.50 Å².